The summed E-state index contributed by atoms with van der Waals surface area (Å²) in [5.41, 5.74) is 0.804. The second kappa shape index (κ2) is 5.63. The van der Waals surface area contributed by atoms with E-state index in [9.17, 15) is 4.79 Å². The van der Waals surface area contributed by atoms with Crippen LogP contribution in [0.1, 0.15) is 17.9 Å². The van der Waals surface area contributed by atoms with E-state index in [4.69, 9.17) is 4.74 Å². The summed E-state index contributed by atoms with van der Waals surface area (Å²) in [5.74, 6) is 1.25. The van der Waals surface area contributed by atoms with Gasteiger partial charge in [0.25, 0.3) is 5.56 Å². The lowest BCUT2D eigenvalue weighted by Gasteiger charge is -2.23. The summed E-state index contributed by atoms with van der Waals surface area (Å²) < 4.78 is 7.16. The lowest BCUT2D eigenvalue weighted by atomic mass is 9.99. The van der Waals surface area contributed by atoms with Crippen LogP contribution < -0.4 is 10.9 Å². The van der Waals surface area contributed by atoms with E-state index >= 15 is 0 Å². The van der Waals surface area contributed by atoms with E-state index < -0.39 is 0 Å². The first kappa shape index (κ1) is 13.2. The Hall–Kier alpha value is -1.20. The van der Waals surface area contributed by atoms with E-state index in [1.54, 1.807) is 10.6 Å². The van der Waals surface area contributed by atoms with Gasteiger partial charge in [0.2, 0.25) is 0 Å². The maximum atomic E-state index is 12.0. The second-order valence-electron chi connectivity index (χ2n) is 4.91. The van der Waals surface area contributed by atoms with Crippen molar-refractivity contribution in [3.63, 3.8) is 0 Å². The number of hydrogen-bond acceptors (Lipinski definition) is 4. The molecule has 2 atom stereocenters. The Kier molecular flexibility index (Phi) is 4.14. The third-order valence-electron chi connectivity index (χ3n) is 3.61. The first-order chi connectivity index (χ1) is 8.61. The Morgan fingerprint density at radius 3 is 2.94 bits per heavy atom. The first-order valence-corrected chi connectivity index (χ1v) is 6.42. The van der Waals surface area contributed by atoms with Crippen molar-refractivity contribution in [2.75, 3.05) is 20.3 Å². The maximum absolute atomic E-state index is 12.0. The fraction of sp³-hybridized carbons (Fsp3) is 0.692. The van der Waals surface area contributed by atoms with E-state index in [0.29, 0.717) is 12.5 Å². The molecule has 1 aliphatic rings. The molecule has 2 unspecified atom stereocenters. The van der Waals surface area contributed by atoms with Crippen molar-refractivity contribution in [3.05, 3.63) is 27.9 Å². The highest BCUT2D eigenvalue weighted by molar-refractivity contribution is 5.02. The van der Waals surface area contributed by atoms with Crippen LogP contribution >= 0.6 is 0 Å². The molecular weight excluding hydrogens is 230 g/mol. The van der Waals surface area contributed by atoms with E-state index in [0.717, 1.165) is 31.2 Å². The first-order valence-electron chi connectivity index (χ1n) is 6.42. The van der Waals surface area contributed by atoms with Gasteiger partial charge in [-0.15, -0.1) is 0 Å². The minimum atomic E-state index is 0.0270. The molecule has 1 N–H and O–H groups in total. The van der Waals surface area contributed by atoms with Gasteiger partial charge >= 0.3 is 0 Å². The van der Waals surface area contributed by atoms with Crippen LogP contribution in [0.15, 0.2) is 10.9 Å². The van der Waals surface area contributed by atoms with Crippen LogP contribution in [0.3, 0.4) is 0 Å². The number of nitrogens with zero attached hydrogens (tertiary/aromatic N) is 2. The van der Waals surface area contributed by atoms with Crippen LogP contribution in [-0.4, -0.2) is 35.9 Å². The topological polar surface area (TPSA) is 56.2 Å². The predicted octanol–water partition coefficient (Wildman–Crippen LogP) is 0.485. The lowest BCUT2D eigenvalue weighted by molar-refractivity contribution is 0.174. The summed E-state index contributed by atoms with van der Waals surface area (Å²) in [4.78, 5) is 16.3. The molecule has 1 aromatic heterocycles. The number of aryl methyl sites for hydroxylation is 2. The van der Waals surface area contributed by atoms with Crippen LogP contribution in [0, 0.1) is 19.8 Å². The zero-order valence-electron chi connectivity index (χ0n) is 11.3. The minimum absolute atomic E-state index is 0.0270. The molecule has 18 heavy (non-hydrogen) atoms. The van der Waals surface area contributed by atoms with Gasteiger partial charge in [0.1, 0.15) is 5.82 Å². The zero-order chi connectivity index (χ0) is 13.1. The normalized spacial score (nSPS) is 21.2. The summed E-state index contributed by atoms with van der Waals surface area (Å²) in [5, 5.41) is 3.29. The van der Waals surface area contributed by atoms with Crippen molar-refractivity contribution in [2.24, 2.45) is 5.92 Å². The Labute approximate surface area is 107 Å². The quantitative estimate of drug-likeness (QED) is 0.846. The molecule has 0 radical (unpaired) electrons. The number of aromatic nitrogens is 2. The number of nitrogens with one attached hydrogen (secondary N) is 1. The molecule has 1 aromatic rings. The van der Waals surface area contributed by atoms with Crippen LogP contribution in [0.2, 0.25) is 0 Å². The molecule has 5 nitrogen and oxygen atoms in total. The van der Waals surface area contributed by atoms with Crippen LogP contribution in [-0.2, 0) is 11.3 Å². The average molecular weight is 251 g/mol. The molecule has 5 heteroatoms. The van der Waals surface area contributed by atoms with Gasteiger partial charge in [-0.05, 0) is 27.3 Å². The molecule has 0 bridgehead atoms. The van der Waals surface area contributed by atoms with E-state index in [1.165, 1.54) is 0 Å². The van der Waals surface area contributed by atoms with Crippen LogP contribution in [0.25, 0.3) is 0 Å². The third kappa shape index (κ3) is 2.79. The SMILES string of the molecule is CNC(Cn1c(C)nc(C)cc1=O)C1CCOC1. The number of ether oxygens (including phenoxy) is 1. The highest BCUT2D eigenvalue weighted by Gasteiger charge is 2.25. The van der Waals surface area contributed by atoms with Gasteiger partial charge in [-0.2, -0.15) is 0 Å². The van der Waals surface area contributed by atoms with Gasteiger partial charge in [0.15, 0.2) is 0 Å². The molecule has 1 fully saturated rings. The Morgan fingerprint density at radius 2 is 2.39 bits per heavy atom. The highest BCUT2D eigenvalue weighted by atomic mass is 16.5. The van der Waals surface area contributed by atoms with Crippen molar-refractivity contribution in [1.29, 1.82) is 0 Å². The summed E-state index contributed by atoms with van der Waals surface area (Å²) >= 11 is 0. The molecule has 0 aliphatic carbocycles. The second-order valence-corrected chi connectivity index (χ2v) is 4.91. The molecule has 100 valence electrons. The predicted molar refractivity (Wildman–Crippen MR) is 69.7 cm³/mol. The van der Waals surface area contributed by atoms with Gasteiger partial charge < -0.3 is 10.1 Å². The standard InChI is InChI=1S/C13H21N3O2/c1-9-6-13(17)16(10(2)15-9)7-12(14-3)11-4-5-18-8-11/h6,11-12,14H,4-5,7-8H2,1-3H3. The van der Waals surface area contributed by atoms with Crippen LogP contribution in [0.5, 0.6) is 0 Å². The minimum Gasteiger partial charge on any atom is -0.381 e. The van der Waals surface area contributed by atoms with Gasteiger partial charge in [0.05, 0.1) is 6.61 Å². The monoisotopic (exact) mass is 251 g/mol. The Bertz CT molecular complexity index is 464. The van der Waals surface area contributed by atoms with Gasteiger partial charge in [0, 0.05) is 36.9 Å². The largest absolute Gasteiger partial charge is 0.381 e. The fourth-order valence-electron chi connectivity index (χ4n) is 2.53. The van der Waals surface area contributed by atoms with Crippen LogP contribution in [0.4, 0.5) is 0 Å². The molecule has 1 saturated heterocycles. The molecule has 2 rings (SSSR count). The van der Waals surface area contributed by atoms with Crippen molar-refractivity contribution in [1.82, 2.24) is 14.9 Å². The maximum Gasteiger partial charge on any atom is 0.253 e. The summed E-state index contributed by atoms with van der Waals surface area (Å²) in [6, 6.07) is 1.85. The van der Waals surface area contributed by atoms with Crippen molar-refractivity contribution in [2.45, 2.75) is 32.9 Å². The zero-order valence-corrected chi connectivity index (χ0v) is 11.3. The Morgan fingerprint density at radius 1 is 1.61 bits per heavy atom. The van der Waals surface area contributed by atoms with Crippen molar-refractivity contribution in [3.8, 4) is 0 Å². The Balaban J connectivity index is 2.19. The lowest BCUT2D eigenvalue weighted by Crippen LogP contribution is -2.41. The average Bonchev–Trinajstić information content (AvgIpc) is 2.81. The van der Waals surface area contributed by atoms with Crippen molar-refractivity contribution < 1.29 is 4.74 Å². The molecule has 0 amide bonds. The number of hydrogen-bond donors (Lipinski definition) is 1. The molecule has 0 aromatic carbocycles. The summed E-state index contributed by atoms with van der Waals surface area (Å²) in [7, 11) is 1.94. The molecule has 0 saturated carbocycles. The van der Waals surface area contributed by atoms with Gasteiger partial charge in [-0.1, -0.05) is 0 Å². The molecular formula is C13H21N3O2. The fourth-order valence-corrected chi connectivity index (χ4v) is 2.53. The van der Waals surface area contributed by atoms with E-state index in [2.05, 4.69) is 10.3 Å². The number of likely N-dealkylation sites (N-methyl/N-ethyl adjacent to an activating group) is 1. The van der Waals surface area contributed by atoms with E-state index in [-0.39, 0.29) is 11.6 Å². The molecule has 0 spiro atoms. The van der Waals surface area contributed by atoms with Gasteiger partial charge in [-0.25, -0.2) is 4.98 Å². The third-order valence-corrected chi connectivity index (χ3v) is 3.61. The summed E-state index contributed by atoms with van der Waals surface area (Å²) in [6.45, 7) is 5.98. The number of rotatable bonds is 4. The van der Waals surface area contributed by atoms with Crippen molar-refractivity contribution >= 4 is 0 Å². The summed E-state index contributed by atoms with van der Waals surface area (Å²) in [6.07, 6.45) is 1.05. The molecule has 2 heterocycles. The highest BCUT2D eigenvalue weighted by Crippen LogP contribution is 2.17. The van der Waals surface area contributed by atoms with E-state index in [1.807, 2.05) is 20.9 Å². The van der Waals surface area contributed by atoms with Gasteiger partial charge in [-0.3, -0.25) is 9.36 Å². The molecule has 1 aliphatic heterocycles. The smallest absolute Gasteiger partial charge is 0.253 e.